The summed E-state index contributed by atoms with van der Waals surface area (Å²) in [5.41, 5.74) is 0.907. The molecule has 120 valence electrons. The van der Waals surface area contributed by atoms with E-state index in [0.29, 0.717) is 20.7 Å². The fourth-order valence-electron chi connectivity index (χ4n) is 2.51. The van der Waals surface area contributed by atoms with E-state index in [1.807, 2.05) is 18.2 Å². The lowest BCUT2D eigenvalue weighted by Crippen LogP contribution is -2.27. The van der Waals surface area contributed by atoms with Crippen LogP contribution in [0.15, 0.2) is 24.3 Å². The number of esters is 1. The second-order valence-corrected chi connectivity index (χ2v) is 6.91. The molecule has 1 aromatic carbocycles. The number of ether oxygens (including phenoxy) is 1. The van der Waals surface area contributed by atoms with Crippen LogP contribution in [-0.2, 0) is 14.9 Å². The maximum atomic E-state index is 12.7. The van der Waals surface area contributed by atoms with Gasteiger partial charge in [0.15, 0.2) is 5.13 Å². The van der Waals surface area contributed by atoms with Crippen LogP contribution in [0.25, 0.3) is 0 Å². The molecule has 1 saturated carbocycles. The summed E-state index contributed by atoms with van der Waals surface area (Å²) in [5, 5.41) is 3.84. The van der Waals surface area contributed by atoms with Crippen LogP contribution in [0.1, 0.15) is 33.8 Å². The number of nitrogens with zero attached hydrogens (tertiary/aromatic N) is 1. The van der Waals surface area contributed by atoms with Crippen molar-refractivity contribution in [1.29, 1.82) is 0 Å². The van der Waals surface area contributed by atoms with Gasteiger partial charge in [0, 0.05) is 5.02 Å². The number of aryl methyl sites for hydroxylation is 1. The van der Waals surface area contributed by atoms with E-state index in [4.69, 9.17) is 16.3 Å². The van der Waals surface area contributed by atoms with Gasteiger partial charge >= 0.3 is 5.97 Å². The van der Waals surface area contributed by atoms with Gasteiger partial charge in [-0.15, -0.1) is 0 Å². The van der Waals surface area contributed by atoms with Crippen molar-refractivity contribution in [2.75, 3.05) is 12.4 Å². The molecule has 1 aliphatic rings. The number of hydrogen-bond acceptors (Lipinski definition) is 5. The summed E-state index contributed by atoms with van der Waals surface area (Å²) in [4.78, 5) is 28.9. The number of benzene rings is 1. The van der Waals surface area contributed by atoms with Crippen molar-refractivity contribution in [3.05, 3.63) is 45.4 Å². The Kier molecular flexibility index (Phi) is 4.12. The predicted octanol–water partition coefficient (Wildman–Crippen LogP) is 3.56. The number of methoxy groups -OCH3 is 1. The van der Waals surface area contributed by atoms with Crippen molar-refractivity contribution in [3.8, 4) is 0 Å². The van der Waals surface area contributed by atoms with Gasteiger partial charge in [0.25, 0.3) is 0 Å². The number of halogens is 1. The number of anilines is 1. The van der Waals surface area contributed by atoms with E-state index in [2.05, 4.69) is 10.3 Å². The average Bonchev–Trinajstić information content (AvgIpc) is 3.26. The summed E-state index contributed by atoms with van der Waals surface area (Å²) in [7, 11) is 1.32. The van der Waals surface area contributed by atoms with Crippen molar-refractivity contribution in [1.82, 2.24) is 4.98 Å². The lowest BCUT2D eigenvalue weighted by molar-refractivity contribution is -0.118. The number of amides is 1. The lowest BCUT2D eigenvalue weighted by atomic mass is 9.95. The Morgan fingerprint density at radius 3 is 2.74 bits per heavy atom. The van der Waals surface area contributed by atoms with Gasteiger partial charge in [0.2, 0.25) is 5.91 Å². The van der Waals surface area contributed by atoms with E-state index in [1.165, 1.54) is 7.11 Å². The summed E-state index contributed by atoms with van der Waals surface area (Å²) in [6, 6.07) is 7.35. The molecular formula is C16H15ClN2O3S. The van der Waals surface area contributed by atoms with E-state index < -0.39 is 11.4 Å². The molecule has 3 rings (SSSR count). The van der Waals surface area contributed by atoms with E-state index >= 15 is 0 Å². The first-order valence-corrected chi connectivity index (χ1v) is 8.29. The third-order valence-corrected chi connectivity index (χ3v) is 5.24. The van der Waals surface area contributed by atoms with Gasteiger partial charge in [-0.3, -0.25) is 4.79 Å². The smallest absolute Gasteiger partial charge is 0.350 e. The number of hydrogen-bond donors (Lipinski definition) is 1. The SMILES string of the molecule is COC(=O)c1sc(NC(=O)C2(c3cccc(Cl)c3)CC2)nc1C. The fraction of sp³-hybridized carbons (Fsp3) is 0.312. The molecule has 5 nitrogen and oxygen atoms in total. The predicted molar refractivity (Wildman–Crippen MR) is 89.2 cm³/mol. The largest absolute Gasteiger partial charge is 0.465 e. The first-order chi connectivity index (χ1) is 11.0. The van der Waals surface area contributed by atoms with Gasteiger partial charge in [-0.1, -0.05) is 35.1 Å². The van der Waals surface area contributed by atoms with Gasteiger partial charge in [0.1, 0.15) is 4.88 Å². The van der Waals surface area contributed by atoms with Crippen LogP contribution >= 0.6 is 22.9 Å². The van der Waals surface area contributed by atoms with Crippen molar-refractivity contribution >= 4 is 39.9 Å². The molecule has 1 amide bonds. The minimum atomic E-state index is -0.546. The first-order valence-electron chi connectivity index (χ1n) is 7.09. The second-order valence-electron chi connectivity index (χ2n) is 5.47. The number of nitrogens with one attached hydrogen (secondary N) is 1. The highest BCUT2D eigenvalue weighted by molar-refractivity contribution is 7.17. The minimum absolute atomic E-state index is 0.120. The topological polar surface area (TPSA) is 68.3 Å². The molecule has 0 atom stereocenters. The Morgan fingerprint density at radius 2 is 2.13 bits per heavy atom. The highest BCUT2D eigenvalue weighted by Gasteiger charge is 2.51. The van der Waals surface area contributed by atoms with Crippen molar-refractivity contribution < 1.29 is 14.3 Å². The van der Waals surface area contributed by atoms with Crippen molar-refractivity contribution in [2.45, 2.75) is 25.2 Å². The van der Waals surface area contributed by atoms with E-state index in [1.54, 1.807) is 13.0 Å². The molecule has 0 bridgehead atoms. The van der Waals surface area contributed by atoms with Crippen LogP contribution < -0.4 is 5.32 Å². The molecule has 23 heavy (non-hydrogen) atoms. The number of aromatic nitrogens is 1. The van der Waals surface area contributed by atoms with Crippen LogP contribution in [-0.4, -0.2) is 24.0 Å². The lowest BCUT2D eigenvalue weighted by Gasteiger charge is -2.14. The monoisotopic (exact) mass is 350 g/mol. The first kappa shape index (κ1) is 16.0. The maximum Gasteiger partial charge on any atom is 0.350 e. The molecule has 0 saturated heterocycles. The molecule has 0 aliphatic heterocycles. The van der Waals surface area contributed by atoms with Crippen LogP contribution in [0, 0.1) is 6.92 Å². The van der Waals surface area contributed by atoms with Gasteiger partial charge < -0.3 is 10.1 Å². The Bertz CT molecular complexity index is 783. The molecule has 1 aliphatic carbocycles. The van der Waals surface area contributed by atoms with Crippen LogP contribution in [0.5, 0.6) is 0 Å². The summed E-state index contributed by atoms with van der Waals surface area (Å²) in [6.07, 6.45) is 1.54. The van der Waals surface area contributed by atoms with Crippen molar-refractivity contribution in [3.63, 3.8) is 0 Å². The highest BCUT2D eigenvalue weighted by Crippen LogP contribution is 2.49. The maximum absolute atomic E-state index is 12.7. The van der Waals surface area contributed by atoms with Crippen LogP contribution in [0.3, 0.4) is 0 Å². The van der Waals surface area contributed by atoms with Crippen LogP contribution in [0.2, 0.25) is 5.02 Å². The van der Waals surface area contributed by atoms with Gasteiger partial charge in [-0.05, 0) is 37.5 Å². The molecular weight excluding hydrogens is 336 g/mol. The fourth-order valence-corrected chi connectivity index (χ4v) is 3.58. The molecule has 0 radical (unpaired) electrons. The number of carbonyl (C=O) groups excluding carboxylic acids is 2. The summed E-state index contributed by atoms with van der Waals surface area (Å²) in [6.45, 7) is 1.71. The Labute approximate surface area is 142 Å². The molecule has 1 aromatic heterocycles. The standard InChI is InChI=1S/C16H15ClN2O3S/c1-9-12(13(20)22-2)23-15(18-9)19-14(21)16(6-7-16)10-4-3-5-11(17)8-10/h3-5,8H,6-7H2,1-2H3,(H,18,19,21). The highest BCUT2D eigenvalue weighted by atomic mass is 35.5. The molecule has 1 fully saturated rings. The molecule has 7 heteroatoms. The molecule has 0 unspecified atom stereocenters. The third-order valence-electron chi connectivity index (χ3n) is 3.95. The normalized spacial score (nSPS) is 15.1. The average molecular weight is 351 g/mol. The quantitative estimate of drug-likeness (QED) is 0.856. The molecule has 1 heterocycles. The number of rotatable bonds is 4. The van der Waals surface area contributed by atoms with Crippen LogP contribution in [0.4, 0.5) is 5.13 Å². The van der Waals surface area contributed by atoms with Gasteiger partial charge in [0.05, 0.1) is 18.2 Å². The zero-order valence-corrected chi connectivity index (χ0v) is 14.3. The molecule has 0 spiro atoms. The molecule has 2 aromatic rings. The van der Waals surface area contributed by atoms with Gasteiger partial charge in [-0.2, -0.15) is 0 Å². The van der Waals surface area contributed by atoms with E-state index in [9.17, 15) is 9.59 Å². The zero-order chi connectivity index (χ0) is 16.6. The van der Waals surface area contributed by atoms with E-state index in [-0.39, 0.29) is 5.91 Å². The van der Waals surface area contributed by atoms with E-state index in [0.717, 1.165) is 29.7 Å². The summed E-state index contributed by atoms with van der Waals surface area (Å²) in [5.74, 6) is -0.568. The second kappa shape index (κ2) is 5.94. The Balaban J connectivity index is 1.81. The number of carbonyl (C=O) groups is 2. The van der Waals surface area contributed by atoms with Gasteiger partial charge in [-0.25, -0.2) is 9.78 Å². The number of thiazole rings is 1. The Hall–Kier alpha value is -1.92. The minimum Gasteiger partial charge on any atom is -0.465 e. The Morgan fingerprint density at radius 1 is 1.39 bits per heavy atom. The summed E-state index contributed by atoms with van der Waals surface area (Å²) >= 11 is 7.14. The van der Waals surface area contributed by atoms with Crippen molar-refractivity contribution in [2.24, 2.45) is 0 Å². The zero-order valence-electron chi connectivity index (χ0n) is 12.7. The summed E-state index contributed by atoms with van der Waals surface area (Å²) < 4.78 is 4.70. The third kappa shape index (κ3) is 2.96. The molecule has 1 N–H and O–H groups in total.